The molecule has 1 heterocycles. The number of fused-ring (bicyclic) bond motifs is 1. The Bertz CT molecular complexity index is 779. The molecule has 1 aromatic carbocycles. The van der Waals surface area contributed by atoms with Gasteiger partial charge in [-0.1, -0.05) is 49.8 Å². The summed E-state index contributed by atoms with van der Waals surface area (Å²) < 4.78 is 5.51. The number of ether oxygens (including phenoxy) is 1. The van der Waals surface area contributed by atoms with Crippen LogP contribution in [-0.4, -0.2) is 36.8 Å². The van der Waals surface area contributed by atoms with Gasteiger partial charge in [0, 0.05) is 17.0 Å². The number of piperidine rings is 1. The summed E-state index contributed by atoms with van der Waals surface area (Å²) >= 11 is 0. The van der Waals surface area contributed by atoms with Crippen LogP contribution in [0, 0.1) is 11.8 Å². The minimum absolute atomic E-state index is 0.00559. The molecule has 28 heavy (non-hydrogen) atoms. The van der Waals surface area contributed by atoms with Crippen LogP contribution >= 0.6 is 0 Å². The Morgan fingerprint density at radius 3 is 2.79 bits per heavy atom. The third-order valence-corrected chi connectivity index (χ3v) is 8.43. The largest absolute Gasteiger partial charge is 0.504 e. The van der Waals surface area contributed by atoms with E-state index >= 15 is 0 Å². The number of allylic oxidation sites excluding steroid dienone is 2. The number of nitrogens with zero attached hydrogens (tertiary/aromatic N) is 1. The second-order valence-corrected chi connectivity index (χ2v) is 9.85. The van der Waals surface area contributed by atoms with Crippen molar-refractivity contribution in [3.05, 3.63) is 34.9 Å². The zero-order valence-electron chi connectivity index (χ0n) is 17.5. The summed E-state index contributed by atoms with van der Waals surface area (Å²) in [6.45, 7) is 1.12. The molecule has 1 saturated heterocycles. The zero-order chi connectivity index (χ0) is 19.3. The summed E-state index contributed by atoms with van der Waals surface area (Å²) in [7, 11) is 3.96. The second-order valence-electron chi connectivity index (χ2n) is 9.85. The van der Waals surface area contributed by atoms with Crippen LogP contribution in [0.3, 0.4) is 0 Å². The van der Waals surface area contributed by atoms with Crippen LogP contribution in [0.4, 0.5) is 0 Å². The lowest BCUT2D eigenvalue weighted by Gasteiger charge is -2.57. The van der Waals surface area contributed by atoms with E-state index in [1.807, 2.05) is 6.07 Å². The first-order valence-corrected chi connectivity index (χ1v) is 11.4. The number of phenolic OH excluding ortho intramolecular Hbond substituents is 1. The molecule has 1 saturated carbocycles. The Labute approximate surface area is 169 Å². The Balaban J connectivity index is 1.59. The summed E-state index contributed by atoms with van der Waals surface area (Å²) in [5, 5.41) is 11.2. The maximum Gasteiger partial charge on any atom is 0.162 e. The standard InChI is InChI=1S/C25H35NO2/c1-26-13-12-25-16-18(14-17-6-4-3-5-7-17)8-10-20(25)21(26)15-19-9-11-22(28-2)24(27)23(19)25/h9,11,16-17,20-21,27H,3-8,10,12-15H2,1-2H3/t20-,21-,25+/m0/s1. The van der Waals surface area contributed by atoms with Crippen molar-refractivity contribution in [2.75, 3.05) is 20.7 Å². The van der Waals surface area contributed by atoms with Gasteiger partial charge in [0.25, 0.3) is 0 Å². The van der Waals surface area contributed by atoms with Gasteiger partial charge in [-0.05, 0) is 69.2 Å². The number of hydrogen-bond donors (Lipinski definition) is 1. The minimum Gasteiger partial charge on any atom is -0.504 e. The maximum atomic E-state index is 11.2. The Morgan fingerprint density at radius 2 is 2.00 bits per heavy atom. The Hall–Kier alpha value is -1.48. The van der Waals surface area contributed by atoms with Gasteiger partial charge in [-0.15, -0.1) is 0 Å². The highest BCUT2D eigenvalue weighted by atomic mass is 16.5. The van der Waals surface area contributed by atoms with Gasteiger partial charge < -0.3 is 14.7 Å². The first kappa shape index (κ1) is 18.5. The summed E-state index contributed by atoms with van der Waals surface area (Å²) in [5.41, 5.74) is 4.20. The predicted molar refractivity (Wildman–Crippen MR) is 113 cm³/mol. The molecule has 0 radical (unpaired) electrons. The molecule has 3 aliphatic carbocycles. The highest BCUT2D eigenvalue weighted by Crippen LogP contribution is 2.58. The molecular formula is C25H35NO2. The molecule has 0 spiro atoms. The highest BCUT2D eigenvalue weighted by Gasteiger charge is 2.54. The zero-order valence-corrected chi connectivity index (χ0v) is 17.5. The van der Waals surface area contributed by atoms with E-state index in [4.69, 9.17) is 4.74 Å². The summed E-state index contributed by atoms with van der Waals surface area (Å²) in [5.74, 6) is 2.55. The fraction of sp³-hybridized carbons (Fsp3) is 0.680. The third-order valence-electron chi connectivity index (χ3n) is 8.43. The molecule has 3 nitrogen and oxygen atoms in total. The Kier molecular flexibility index (Phi) is 4.70. The molecule has 2 fully saturated rings. The van der Waals surface area contributed by atoms with E-state index in [-0.39, 0.29) is 5.41 Å². The number of rotatable bonds is 3. The van der Waals surface area contributed by atoms with E-state index in [0.717, 1.165) is 25.3 Å². The number of methoxy groups -OCH3 is 1. The van der Waals surface area contributed by atoms with Crippen LogP contribution in [0.15, 0.2) is 23.8 Å². The summed E-state index contributed by atoms with van der Waals surface area (Å²) in [6.07, 6.45) is 15.7. The topological polar surface area (TPSA) is 32.7 Å². The summed E-state index contributed by atoms with van der Waals surface area (Å²) in [6, 6.07) is 4.76. The molecular weight excluding hydrogens is 346 g/mol. The SMILES string of the molecule is COc1ccc2c(c1O)[C@]13C=C(CC4CCCCC4)CC[C@H]1[C@H](C2)N(C)CC3. The lowest BCUT2D eigenvalue weighted by molar-refractivity contribution is 0.0416. The molecule has 5 rings (SSSR count). The number of aromatic hydroxyl groups is 1. The van der Waals surface area contributed by atoms with Gasteiger partial charge in [0.1, 0.15) is 0 Å². The van der Waals surface area contributed by atoms with Gasteiger partial charge in [-0.3, -0.25) is 0 Å². The normalized spacial score (nSPS) is 33.0. The van der Waals surface area contributed by atoms with Crippen LogP contribution in [-0.2, 0) is 11.8 Å². The monoisotopic (exact) mass is 381 g/mol. The van der Waals surface area contributed by atoms with Gasteiger partial charge in [0.05, 0.1) is 7.11 Å². The molecule has 0 amide bonds. The van der Waals surface area contributed by atoms with E-state index in [9.17, 15) is 5.11 Å². The van der Waals surface area contributed by atoms with Crippen LogP contribution < -0.4 is 4.74 Å². The third kappa shape index (κ3) is 2.81. The van der Waals surface area contributed by atoms with Gasteiger partial charge in [-0.25, -0.2) is 0 Å². The van der Waals surface area contributed by atoms with Gasteiger partial charge in [0.2, 0.25) is 0 Å². The minimum atomic E-state index is 0.00559. The lowest BCUT2D eigenvalue weighted by atomic mass is 9.53. The fourth-order valence-electron chi connectivity index (χ4n) is 7.07. The summed E-state index contributed by atoms with van der Waals surface area (Å²) in [4.78, 5) is 2.58. The molecule has 0 unspecified atom stereocenters. The van der Waals surface area contributed by atoms with Crippen molar-refractivity contribution in [2.24, 2.45) is 11.8 Å². The van der Waals surface area contributed by atoms with Crippen molar-refractivity contribution < 1.29 is 9.84 Å². The van der Waals surface area contributed by atoms with Crippen molar-refractivity contribution >= 4 is 0 Å². The van der Waals surface area contributed by atoms with Crippen LogP contribution in [0.25, 0.3) is 0 Å². The quantitative estimate of drug-likeness (QED) is 0.730. The maximum absolute atomic E-state index is 11.2. The lowest BCUT2D eigenvalue weighted by Crippen LogP contribution is -2.59. The molecule has 1 aromatic rings. The van der Waals surface area contributed by atoms with E-state index in [1.165, 1.54) is 62.5 Å². The number of likely N-dealkylation sites (tertiary alicyclic amines) is 1. The van der Waals surface area contributed by atoms with E-state index in [2.05, 4.69) is 24.1 Å². The number of benzene rings is 1. The van der Waals surface area contributed by atoms with Crippen molar-refractivity contribution in [1.29, 1.82) is 0 Å². The van der Waals surface area contributed by atoms with E-state index in [0.29, 0.717) is 23.5 Å². The number of likely N-dealkylation sites (N-methyl/N-ethyl adjacent to an activating group) is 1. The first-order valence-electron chi connectivity index (χ1n) is 11.4. The van der Waals surface area contributed by atoms with Crippen molar-refractivity contribution in [2.45, 2.75) is 75.7 Å². The van der Waals surface area contributed by atoms with E-state index < -0.39 is 0 Å². The number of phenols is 1. The molecule has 3 atom stereocenters. The average molecular weight is 382 g/mol. The van der Waals surface area contributed by atoms with Gasteiger partial charge in [0.15, 0.2) is 11.5 Å². The van der Waals surface area contributed by atoms with Gasteiger partial charge >= 0.3 is 0 Å². The molecule has 3 heteroatoms. The van der Waals surface area contributed by atoms with E-state index in [1.54, 1.807) is 12.7 Å². The fourth-order valence-corrected chi connectivity index (χ4v) is 7.07. The highest BCUT2D eigenvalue weighted by molar-refractivity contribution is 5.58. The average Bonchev–Trinajstić information content (AvgIpc) is 2.71. The first-order chi connectivity index (χ1) is 13.6. The molecule has 1 N–H and O–H groups in total. The molecule has 0 aromatic heterocycles. The van der Waals surface area contributed by atoms with Crippen molar-refractivity contribution in [1.82, 2.24) is 4.90 Å². The van der Waals surface area contributed by atoms with Crippen molar-refractivity contribution in [3.8, 4) is 11.5 Å². The van der Waals surface area contributed by atoms with Crippen LogP contribution in [0.1, 0.15) is 68.9 Å². The van der Waals surface area contributed by atoms with Gasteiger partial charge in [-0.2, -0.15) is 0 Å². The van der Waals surface area contributed by atoms with Crippen LogP contribution in [0.5, 0.6) is 11.5 Å². The predicted octanol–water partition coefficient (Wildman–Crippen LogP) is 5.21. The molecule has 2 bridgehead atoms. The smallest absolute Gasteiger partial charge is 0.162 e. The molecule has 1 aliphatic heterocycles. The second kappa shape index (κ2) is 7.09. The Morgan fingerprint density at radius 1 is 1.18 bits per heavy atom. The van der Waals surface area contributed by atoms with Crippen LogP contribution in [0.2, 0.25) is 0 Å². The number of hydrogen-bond acceptors (Lipinski definition) is 3. The van der Waals surface area contributed by atoms with Crippen molar-refractivity contribution in [3.63, 3.8) is 0 Å². The molecule has 152 valence electrons. The molecule has 4 aliphatic rings.